The van der Waals surface area contributed by atoms with Crippen LogP contribution >= 0.6 is 11.6 Å². The van der Waals surface area contributed by atoms with E-state index in [0.717, 1.165) is 0 Å². The van der Waals surface area contributed by atoms with Crippen LogP contribution in [0.4, 0.5) is 0 Å². The van der Waals surface area contributed by atoms with E-state index >= 15 is 0 Å². The summed E-state index contributed by atoms with van der Waals surface area (Å²) in [6.45, 7) is 0. The molecular formula is C9H7ClN2O3. The number of nitrogens with zero attached hydrogens (tertiary/aromatic N) is 2. The molecule has 0 amide bonds. The van der Waals surface area contributed by atoms with Gasteiger partial charge in [0.2, 0.25) is 5.82 Å². The number of fused-ring (bicyclic) bond motifs is 1. The molecule has 5 nitrogen and oxygen atoms in total. The zero-order chi connectivity index (χ0) is 11.0. The van der Waals surface area contributed by atoms with Gasteiger partial charge < -0.3 is 9.84 Å². The lowest BCUT2D eigenvalue weighted by molar-refractivity contribution is 0.0683. The molecule has 6 heteroatoms. The van der Waals surface area contributed by atoms with Crippen molar-refractivity contribution in [1.82, 2.24) is 9.38 Å². The van der Waals surface area contributed by atoms with Crippen LogP contribution in [0.3, 0.4) is 0 Å². The zero-order valence-electron chi connectivity index (χ0n) is 7.77. The Bertz CT molecular complexity index is 535. The lowest BCUT2D eigenvalue weighted by Gasteiger charge is -2.00. The maximum Gasteiger partial charge on any atom is 0.372 e. The van der Waals surface area contributed by atoms with Gasteiger partial charge in [-0.15, -0.1) is 0 Å². The summed E-state index contributed by atoms with van der Waals surface area (Å²) >= 11 is 5.80. The van der Waals surface area contributed by atoms with E-state index in [9.17, 15) is 4.79 Å². The molecule has 0 spiro atoms. The first kappa shape index (κ1) is 9.79. The van der Waals surface area contributed by atoms with E-state index in [2.05, 4.69) is 4.98 Å². The summed E-state index contributed by atoms with van der Waals surface area (Å²) in [6, 6.07) is 3.26. The molecule has 2 heterocycles. The summed E-state index contributed by atoms with van der Waals surface area (Å²) in [5.74, 6) is -0.638. The molecule has 0 aromatic carbocycles. The SMILES string of the molecule is COc1ccn2c(C(=O)O)nc(Cl)c2c1. The van der Waals surface area contributed by atoms with E-state index in [1.165, 1.54) is 11.5 Å². The van der Waals surface area contributed by atoms with Crippen LogP contribution in [0.2, 0.25) is 5.15 Å². The van der Waals surface area contributed by atoms with Gasteiger partial charge in [0.1, 0.15) is 5.75 Å². The second-order valence-electron chi connectivity index (χ2n) is 2.85. The van der Waals surface area contributed by atoms with E-state index in [1.807, 2.05) is 0 Å². The first-order valence-electron chi connectivity index (χ1n) is 4.08. The molecule has 0 aliphatic rings. The van der Waals surface area contributed by atoms with E-state index in [0.29, 0.717) is 11.3 Å². The molecule has 0 unspecified atom stereocenters. The van der Waals surface area contributed by atoms with Crippen LogP contribution in [-0.4, -0.2) is 27.6 Å². The molecule has 0 saturated carbocycles. The summed E-state index contributed by atoms with van der Waals surface area (Å²) in [5.41, 5.74) is 0.508. The fourth-order valence-corrected chi connectivity index (χ4v) is 1.53. The third kappa shape index (κ3) is 1.50. The molecule has 2 aromatic heterocycles. The minimum Gasteiger partial charge on any atom is -0.497 e. The number of hydrogen-bond acceptors (Lipinski definition) is 3. The number of imidazole rings is 1. The van der Waals surface area contributed by atoms with E-state index in [-0.39, 0.29) is 11.0 Å². The number of pyridine rings is 1. The smallest absolute Gasteiger partial charge is 0.372 e. The summed E-state index contributed by atoms with van der Waals surface area (Å²) in [5, 5.41) is 8.99. The Kier molecular flexibility index (Phi) is 2.24. The highest BCUT2D eigenvalue weighted by Crippen LogP contribution is 2.22. The summed E-state index contributed by atoms with van der Waals surface area (Å²) in [6.07, 6.45) is 1.55. The maximum atomic E-state index is 10.8. The quantitative estimate of drug-likeness (QED) is 0.847. The molecule has 2 rings (SSSR count). The van der Waals surface area contributed by atoms with E-state index < -0.39 is 5.97 Å². The molecule has 0 bridgehead atoms. The standard InChI is InChI=1S/C9H7ClN2O3/c1-15-5-2-3-12-6(4-5)7(10)11-8(12)9(13)14/h2-4H,1H3,(H,13,14). The second kappa shape index (κ2) is 3.43. The van der Waals surface area contributed by atoms with Crippen LogP contribution < -0.4 is 4.74 Å². The molecule has 2 aromatic rings. The van der Waals surface area contributed by atoms with Crippen molar-refractivity contribution in [2.75, 3.05) is 7.11 Å². The minimum atomic E-state index is -1.12. The average Bonchev–Trinajstić information content (AvgIpc) is 2.56. The van der Waals surface area contributed by atoms with Crippen LogP contribution in [0.15, 0.2) is 18.3 Å². The topological polar surface area (TPSA) is 63.8 Å². The number of aromatic nitrogens is 2. The number of carbonyl (C=O) groups is 1. The number of carboxylic acid groups (broad SMARTS) is 1. The third-order valence-electron chi connectivity index (χ3n) is 2.00. The van der Waals surface area contributed by atoms with Crippen LogP contribution in [0.1, 0.15) is 10.6 Å². The Morgan fingerprint density at radius 3 is 3.00 bits per heavy atom. The Morgan fingerprint density at radius 2 is 2.40 bits per heavy atom. The van der Waals surface area contributed by atoms with Gasteiger partial charge in [0, 0.05) is 12.3 Å². The lowest BCUT2D eigenvalue weighted by Crippen LogP contribution is -2.03. The Hall–Kier alpha value is -1.75. The molecular weight excluding hydrogens is 220 g/mol. The first-order chi connectivity index (χ1) is 7.13. The molecule has 0 fully saturated rings. The average molecular weight is 227 g/mol. The zero-order valence-corrected chi connectivity index (χ0v) is 8.52. The van der Waals surface area contributed by atoms with Gasteiger partial charge in [-0.3, -0.25) is 4.40 Å². The largest absolute Gasteiger partial charge is 0.497 e. The number of ether oxygens (including phenoxy) is 1. The van der Waals surface area contributed by atoms with Gasteiger partial charge in [-0.25, -0.2) is 9.78 Å². The van der Waals surface area contributed by atoms with E-state index in [4.69, 9.17) is 21.4 Å². The van der Waals surface area contributed by atoms with E-state index in [1.54, 1.807) is 18.3 Å². The van der Waals surface area contributed by atoms with Crippen molar-refractivity contribution in [3.63, 3.8) is 0 Å². The van der Waals surface area contributed by atoms with Crippen molar-refractivity contribution < 1.29 is 14.6 Å². The molecule has 15 heavy (non-hydrogen) atoms. The molecule has 0 radical (unpaired) electrons. The fraction of sp³-hybridized carbons (Fsp3) is 0.111. The predicted molar refractivity (Wildman–Crippen MR) is 53.7 cm³/mol. The highest BCUT2D eigenvalue weighted by molar-refractivity contribution is 6.33. The van der Waals surface area contributed by atoms with Crippen molar-refractivity contribution in [2.45, 2.75) is 0 Å². The third-order valence-corrected chi connectivity index (χ3v) is 2.28. The Balaban J connectivity index is 2.75. The summed E-state index contributed by atoms with van der Waals surface area (Å²) in [7, 11) is 1.52. The van der Waals surface area contributed by atoms with Crippen molar-refractivity contribution >= 4 is 23.1 Å². The molecule has 0 aliphatic carbocycles. The number of hydrogen-bond donors (Lipinski definition) is 1. The molecule has 0 saturated heterocycles. The number of methoxy groups -OCH3 is 1. The van der Waals surface area contributed by atoms with Crippen molar-refractivity contribution in [3.8, 4) is 5.75 Å². The summed E-state index contributed by atoms with van der Waals surface area (Å²) < 4.78 is 6.40. The van der Waals surface area contributed by atoms with Crippen molar-refractivity contribution in [1.29, 1.82) is 0 Å². The van der Waals surface area contributed by atoms with Gasteiger partial charge in [0.15, 0.2) is 5.15 Å². The number of carboxylic acids is 1. The number of halogens is 1. The van der Waals surface area contributed by atoms with Crippen molar-refractivity contribution in [2.24, 2.45) is 0 Å². The van der Waals surface area contributed by atoms with Gasteiger partial charge in [-0.2, -0.15) is 0 Å². The van der Waals surface area contributed by atoms with Crippen LogP contribution in [-0.2, 0) is 0 Å². The summed E-state index contributed by atoms with van der Waals surface area (Å²) in [4.78, 5) is 14.5. The highest BCUT2D eigenvalue weighted by Gasteiger charge is 2.15. The van der Waals surface area contributed by atoms with Gasteiger partial charge in [-0.1, -0.05) is 11.6 Å². The lowest BCUT2D eigenvalue weighted by atomic mass is 10.4. The fourth-order valence-electron chi connectivity index (χ4n) is 1.31. The van der Waals surface area contributed by atoms with Crippen LogP contribution in [0, 0.1) is 0 Å². The van der Waals surface area contributed by atoms with Gasteiger partial charge in [-0.05, 0) is 6.07 Å². The van der Waals surface area contributed by atoms with Gasteiger partial charge >= 0.3 is 5.97 Å². The van der Waals surface area contributed by atoms with Crippen LogP contribution in [0.25, 0.3) is 5.52 Å². The monoisotopic (exact) mass is 226 g/mol. The van der Waals surface area contributed by atoms with Crippen molar-refractivity contribution in [3.05, 3.63) is 29.3 Å². The minimum absolute atomic E-state index is 0.113. The molecule has 0 aliphatic heterocycles. The number of aromatic carboxylic acids is 1. The second-order valence-corrected chi connectivity index (χ2v) is 3.21. The maximum absolute atomic E-state index is 10.8. The molecule has 0 atom stereocenters. The molecule has 1 N–H and O–H groups in total. The van der Waals surface area contributed by atoms with Gasteiger partial charge in [0.05, 0.1) is 12.6 Å². The Labute approximate surface area is 89.9 Å². The predicted octanol–water partition coefficient (Wildman–Crippen LogP) is 1.69. The highest BCUT2D eigenvalue weighted by atomic mass is 35.5. The Morgan fingerprint density at radius 1 is 1.67 bits per heavy atom. The number of rotatable bonds is 2. The normalized spacial score (nSPS) is 10.5. The first-order valence-corrected chi connectivity index (χ1v) is 4.46. The van der Waals surface area contributed by atoms with Crippen LogP contribution in [0.5, 0.6) is 5.75 Å². The molecule has 78 valence electrons. The van der Waals surface area contributed by atoms with Gasteiger partial charge in [0.25, 0.3) is 0 Å².